The van der Waals surface area contributed by atoms with Gasteiger partial charge in [-0.1, -0.05) is 0 Å². The van der Waals surface area contributed by atoms with E-state index in [-0.39, 0.29) is 17.4 Å². The zero-order valence-corrected chi connectivity index (χ0v) is 10.6. The summed E-state index contributed by atoms with van der Waals surface area (Å²) in [4.78, 5) is 21.1. The summed E-state index contributed by atoms with van der Waals surface area (Å²) in [5.41, 5.74) is -0.624. The number of halogens is 1. The number of rotatable bonds is 6. The van der Waals surface area contributed by atoms with Crippen LogP contribution in [-0.2, 0) is 4.79 Å². The third kappa shape index (κ3) is 2.79. The SMILES string of the molecule is COc1cc(NC(C(=O)O)C2CC2)c(F)cc1[N+](=O)[O-]. The van der Waals surface area contributed by atoms with Gasteiger partial charge in [-0.3, -0.25) is 10.1 Å². The number of methoxy groups -OCH3 is 1. The van der Waals surface area contributed by atoms with Crippen molar-refractivity contribution in [2.75, 3.05) is 12.4 Å². The summed E-state index contributed by atoms with van der Waals surface area (Å²) in [5.74, 6) is -2.14. The van der Waals surface area contributed by atoms with Crippen molar-refractivity contribution >= 4 is 17.3 Å². The molecule has 1 unspecified atom stereocenters. The molecule has 0 spiro atoms. The summed E-state index contributed by atoms with van der Waals surface area (Å²) < 4.78 is 18.6. The van der Waals surface area contributed by atoms with Gasteiger partial charge in [-0.05, 0) is 18.8 Å². The van der Waals surface area contributed by atoms with Crippen LogP contribution in [0.5, 0.6) is 5.75 Å². The summed E-state index contributed by atoms with van der Waals surface area (Å²) in [7, 11) is 1.22. The number of carbonyl (C=O) groups is 1. The maximum atomic E-state index is 13.8. The van der Waals surface area contributed by atoms with Gasteiger partial charge in [0.05, 0.1) is 23.8 Å². The summed E-state index contributed by atoms with van der Waals surface area (Å²) in [5, 5.41) is 22.4. The molecule has 7 nitrogen and oxygen atoms in total. The van der Waals surface area contributed by atoms with Gasteiger partial charge >= 0.3 is 11.7 Å². The van der Waals surface area contributed by atoms with Crippen LogP contribution in [0, 0.1) is 21.8 Å². The van der Waals surface area contributed by atoms with Crippen LogP contribution in [0.15, 0.2) is 12.1 Å². The van der Waals surface area contributed by atoms with Gasteiger partial charge in [0, 0.05) is 6.07 Å². The molecule has 1 atom stereocenters. The van der Waals surface area contributed by atoms with Crippen LogP contribution in [-0.4, -0.2) is 29.2 Å². The van der Waals surface area contributed by atoms with Gasteiger partial charge < -0.3 is 15.2 Å². The molecule has 20 heavy (non-hydrogen) atoms. The number of hydrogen-bond acceptors (Lipinski definition) is 5. The van der Waals surface area contributed by atoms with E-state index in [1.54, 1.807) is 0 Å². The molecule has 1 aliphatic rings. The molecule has 2 N–H and O–H groups in total. The van der Waals surface area contributed by atoms with Crippen LogP contribution >= 0.6 is 0 Å². The number of nitro groups is 1. The first-order chi connectivity index (χ1) is 9.43. The van der Waals surface area contributed by atoms with Crippen molar-refractivity contribution in [2.45, 2.75) is 18.9 Å². The Morgan fingerprint density at radius 3 is 2.70 bits per heavy atom. The minimum Gasteiger partial charge on any atom is -0.490 e. The van der Waals surface area contributed by atoms with Crippen molar-refractivity contribution in [3.05, 3.63) is 28.1 Å². The maximum absolute atomic E-state index is 13.8. The quantitative estimate of drug-likeness (QED) is 0.612. The molecule has 0 saturated heterocycles. The Bertz CT molecular complexity index is 559. The smallest absolute Gasteiger partial charge is 0.326 e. The minimum atomic E-state index is -1.08. The molecule has 0 heterocycles. The minimum absolute atomic E-state index is 0.0481. The van der Waals surface area contributed by atoms with Crippen LogP contribution in [0.1, 0.15) is 12.8 Å². The fourth-order valence-electron chi connectivity index (χ4n) is 1.94. The Morgan fingerprint density at radius 2 is 2.25 bits per heavy atom. The van der Waals surface area contributed by atoms with Gasteiger partial charge in [-0.25, -0.2) is 9.18 Å². The lowest BCUT2D eigenvalue weighted by Crippen LogP contribution is -2.31. The zero-order valence-electron chi connectivity index (χ0n) is 10.6. The van der Waals surface area contributed by atoms with Crippen molar-refractivity contribution in [2.24, 2.45) is 5.92 Å². The second kappa shape index (κ2) is 5.32. The van der Waals surface area contributed by atoms with Gasteiger partial charge in [0.25, 0.3) is 0 Å². The van der Waals surface area contributed by atoms with Crippen molar-refractivity contribution in [1.82, 2.24) is 0 Å². The molecule has 8 heteroatoms. The molecular formula is C12H13FN2O5. The van der Waals surface area contributed by atoms with E-state index in [4.69, 9.17) is 9.84 Å². The lowest BCUT2D eigenvalue weighted by Gasteiger charge is -2.16. The first-order valence-corrected chi connectivity index (χ1v) is 5.95. The van der Waals surface area contributed by atoms with Gasteiger partial charge in [-0.2, -0.15) is 0 Å². The van der Waals surface area contributed by atoms with Crippen molar-refractivity contribution < 1.29 is 24.0 Å². The van der Waals surface area contributed by atoms with E-state index in [0.717, 1.165) is 18.9 Å². The zero-order chi connectivity index (χ0) is 14.9. The lowest BCUT2D eigenvalue weighted by atomic mass is 10.1. The summed E-state index contributed by atoms with van der Waals surface area (Å²) >= 11 is 0. The third-order valence-corrected chi connectivity index (χ3v) is 3.14. The lowest BCUT2D eigenvalue weighted by molar-refractivity contribution is -0.385. The van der Waals surface area contributed by atoms with Crippen LogP contribution in [0.3, 0.4) is 0 Å². The Balaban J connectivity index is 2.31. The number of anilines is 1. The van der Waals surface area contributed by atoms with E-state index in [1.807, 2.05) is 0 Å². The van der Waals surface area contributed by atoms with E-state index in [2.05, 4.69) is 5.32 Å². The first-order valence-electron chi connectivity index (χ1n) is 5.95. The molecule has 1 aromatic carbocycles. The van der Waals surface area contributed by atoms with Crippen molar-refractivity contribution in [3.63, 3.8) is 0 Å². The highest BCUT2D eigenvalue weighted by atomic mass is 19.1. The number of aliphatic carboxylic acids is 1. The van der Waals surface area contributed by atoms with Crippen LogP contribution in [0.2, 0.25) is 0 Å². The van der Waals surface area contributed by atoms with E-state index < -0.39 is 28.4 Å². The average molecular weight is 284 g/mol. The summed E-state index contributed by atoms with van der Waals surface area (Å²) in [6.45, 7) is 0. The fourth-order valence-corrected chi connectivity index (χ4v) is 1.94. The predicted molar refractivity (Wildman–Crippen MR) is 67.4 cm³/mol. The molecular weight excluding hydrogens is 271 g/mol. The second-order valence-electron chi connectivity index (χ2n) is 4.56. The Hall–Kier alpha value is -2.38. The van der Waals surface area contributed by atoms with Crippen LogP contribution in [0.25, 0.3) is 0 Å². The van der Waals surface area contributed by atoms with Crippen LogP contribution in [0.4, 0.5) is 15.8 Å². The number of nitro benzene ring substituents is 1. The molecule has 0 radical (unpaired) electrons. The number of hydrogen-bond donors (Lipinski definition) is 2. The number of carboxylic acid groups (broad SMARTS) is 1. The first kappa shape index (κ1) is 14.0. The Kier molecular flexibility index (Phi) is 3.73. The molecule has 2 rings (SSSR count). The second-order valence-corrected chi connectivity index (χ2v) is 4.56. The van der Waals surface area contributed by atoms with Crippen molar-refractivity contribution in [3.8, 4) is 5.75 Å². The molecule has 1 fully saturated rings. The molecule has 0 bridgehead atoms. The van der Waals surface area contributed by atoms with E-state index in [0.29, 0.717) is 6.07 Å². The number of ether oxygens (including phenoxy) is 1. The van der Waals surface area contributed by atoms with E-state index >= 15 is 0 Å². The topological polar surface area (TPSA) is 102 Å². The average Bonchev–Trinajstić information content (AvgIpc) is 3.20. The molecule has 0 aromatic heterocycles. The highest BCUT2D eigenvalue weighted by Crippen LogP contribution is 2.37. The van der Waals surface area contributed by atoms with Gasteiger partial charge in [0.15, 0.2) is 11.6 Å². The number of carboxylic acids is 1. The Labute approximate surface area is 113 Å². The number of nitrogens with one attached hydrogen (secondary N) is 1. The molecule has 1 saturated carbocycles. The monoisotopic (exact) mass is 284 g/mol. The van der Waals surface area contributed by atoms with Gasteiger partial charge in [-0.15, -0.1) is 0 Å². The summed E-state index contributed by atoms with van der Waals surface area (Å²) in [6, 6.07) is 0.911. The summed E-state index contributed by atoms with van der Waals surface area (Å²) in [6.07, 6.45) is 1.52. The number of nitrogens with zero attached hydrogens (tertiary/aromatic N) is 1. The predicted octanol–water partition coefficient (Wildman–Crippen LogP) is 2.02. The number of benzene rings is 1. The highest BCUT2D eigenvalue weighted by Gasteiger charge is 2.37. The van der Waals surface area contributed by atoms with Gasteiger partial charge in [0.2, 0.25) is 0 Å². The molecule has 0 amide bonds. The standard InChI is InChI=1S/C12H13FN2O5/c1-20-10-5-8(7(13)4-9(10)15(18)19)14-11(12(16)17)6-2-3-6/h4-6,11,14H,2-3H2,1H3,(H,16,17). The molecule has 1 aromatic rings. The molecule has 0 aliphatic heterocycles. The van der Waals surface area contributed by atoms with Crippen LogP contribution < -0.4 is 10.1 Å². The fraction of sp³-hybridized carbons (Fsp3) is 0.417. The normalized spacial score (nSPS) is 15.5. The van der Waals surface area contributed by atoms with Gasteiger partial charge in [0.1, 0.15) is 6.04 Å². The largest absolute Gasteiger partial charge is 0.490 e. The highest BCUT2D eigenvalue weighted by molar-refractivity contribution is 5.78. The van der Waals surface area contributed by atoms with Crippen molar-refractivity contribution in [1.29, 1.82) is 0 Å². The third-order valence-electron chi connectivity index (χ3n) is 3.14. The van der Waals surface area contributed by atoms with E-state index in [1.165, 1.54) is 7.11 Å². The Morgan fingerprint density at radius 1 is 1.60 bits per heavy atom. The molecule has 1 aliphatic carbocycles. The van der Waals surface area contributed by atoms with E-state index in [9.17, 15) is 19.3 Å². The maximum Gasteiger partial charge on any atom is 0.326 e. The molecule has 108 valence electrons.